The number of aliphatic hydroxyl groups is 1. The number of nitrogens with one attached hydrogen (secondary N) is 1. The van der Waals surface area contributed by atoms with E-state index in [0.717, 1.165) is 19.3 Å². The van der Waals surface area contributed by atoms with Gasteiger partial charge in [0, 0.05) is 17.6 Å². The van der Waals surface area contributed by atoms with E-state index in [1.807, 2.05) is 0 Å². The van der Waals surface area contributed by atoms with Gasteiger partial charge in [-0.1, -0.05) is 11.6 Å². The van der Waals surface area contributed by atoms with Crippen LogP contribution in [0, 0.1) is 10.1 Å². The molecule has 0 saturated heterocycles. The molecule has 1 aliphatic carbocycles. The average Bonchev–Trinajstić information content (AvgIpc) is 2.23. The number of benzene rings is 1. The third-order valence-electron chi connectivity index (χ3n) is 3.05. The predicted octanol–water partition coefficient (Wildman–Crippen LogP) is 2.58. The molecular formula is C11H13ClN2O3. The zero-order valence-corrected chi connectivity index (χ0v) is 9.91. The molecular weight excluding hydrogens is 244 g/mol. The van der Waals surface area contributed by atoms with Crippen molar-refractivity contribution in [3.63, 3.8) is 0 Å². The highest BCUT2D eigenvalue weighted by molar-refractivity contribution is 6.31. The van der Waals surface area contributed by atoms with Crippen molar-refractivity contribution in [1.82, 2.24) is 0 Å². The van der Waals surface area contributed by atoms with Gasteiger partial charge in [0.25, 0.3) is 5.69 Å². The number of nitro benzene ring substituents is 1. The van der Waals surface area contributed by atoms with E-state index < -0.39 is 10.5 Å². The van der Waals surface area contributed by atoms with Crippen molar-refractivity contribution in [1.29, 1.82) is 0 Å². The summed E-state index contributed by atoms with van der Waals surface area (Å²) in [6.45, 7) is 0.314. The summed E-state index contributed by atoms with van der Waals surface area (Å²) in [7, 11) is 0. The third-order valence-corrected chi connectivity index (χ3v) is 3.28. The third kappa shape index (κ3) is 2.68. The maximum absolute atomic E-state index is 10.8. The molecule has 0 radical (unpaired) electrons. The Morgan fingerprint density at radius 2 is 2.24 bits per heavy atom. The number of hydrogen-bond donors (Lipinski definition) is 2. The van der Waals surface area contributed by atoms with E-state index >= 15 is 0 Å². The molecule has 17 heavy (non-hydrogen) atoms. The van der Waals surface area contributed by atoms with Gasteiger partial charge in [-0.3, -0.25) is 10.1 Å². The van der Waals surface area contributed by atoms with Crippen LogP contribution >= 0.6 is 11.6 Å². The minimum Gasteiger partial charge on any atom is -0.388 e. The summed E-state index contributed by atoms with van der Waals surface area (Å²) in [4.78, 5) is 10.3. The largest absolute Gasteiger partial charge is 0.388 e. The van der Waals surface area contributed by atoms with E-state index in [2.05, 4.69) is 5.32 Å². The van der Waals surface area contributed by atoms with Gasteiger partial charge in [0.1, 0.15) is 5.69 Å². The first kappa shape index (κ1) is 12.1. The minimum absolute atomic E-state index is 0.0303. The van der Waals surface area contributed by atoms with Crippen molar-refractivity contribution in [2.24, 2.45) is 0 Å². The number of anilines is 1. The summed E-state index contributed by atoms with van der Waals surface area (Å²) in [5, 5.41) is 24.0. The van der Waals surface area contributed by atoms with Gasteiger partial charge in [0.05, 0.1) is 10.5 Å². The summed E-state index contributed by atoms with van der Waals surface area (Å²) in [5.41, 5.74) is -0.406. The molecule has 1 aromatic rings. The zero-order chi connectivity index (χ0) is 12.5. The molecule has 6 heteroatoms. The van der Waals surface area contributed by atoms with Gasteiger partial charge in [0.15, 0.2) is 0 Å². The Morgan fingerprint density at radius 1 is 1.53 bits per heavy atom. The highest BCUT2D eigenvalue weighted by Crippen LogP contribution is 2.33. The Kier molecular flexibility index (Phi) is 3.22. The number of hydrogen-bond acceptors (Lipinski definition) is 4. The van der Waals surface area contributed by atoms with E-state index in [1.54, 1.807) is 0 Å². The van der Waals surface area contributed by atoms with Crippen molar-refractivity contribution >= 4 is 23.0 Å². The van der Waals surface area contributed by atoms with Crippen LogP contribution in [-0.4, -0.2) is 22.2 Å². The van der Waals surface area contributed by atoms with Crippen LogP contribution in [0.25, 0.3) is 0 Å². The van der Waals surface area contributed by atoms with Crippen LogP contribution in [-0.2, 0) is 0 Å². The molecule has 0 unspecified atom stereocenters. The predicted molar refractivity (Wildman–Crippen MR) is 65.4 cm³/mol. The molecule has 2 rings (SSSR count). The van der Waals surface area contributed by atoms with Gasteiger partial charge < -0.3 is 10.4 Å². The number of nitro groups is 1. The Hall–Kier alpha value is -1.33. The van der Waals surface area contributed by atoms with Crippen molar-refractivity contribution < 1.29 is 10.0 Å². The summed E-state index contributed by atoms with van der Waals surface area (Å²) < 4.78 is 0. The molecule has 0 spiro atoms. The first-order valence-electron chi connectivity index (χ1n) is 5.40. The van der Waals surface area contributed by atoms with Gasteiger partial charge in [-0.15, -0.1) is 0 Å². The monoisotopic (exact) mass is 256 g/mol. The summed E-state index contributed by atoms with van der Waals surface area (Å²) in [5.74, 6) is 0. The molecule has 0 aliphatic heterocycles. The van der Waals surface area contributed by atoms with Crippen LogP contribution in [0.3, 0.4) is 0 Å². The number of rotatable bonds is 4. The van der Waals surface area contributed by atoms with Crippen LogP contribution in [0.1, 0.15) is 19.3 Å². The van der Waals surface area contributed by atoms with E-state index in [4.69, 9.17) is 11.6 Å². The molecule has 0 bridgehead atoms. The summed E-state index contributed by atoms with van der Waals surface area (Å²) in [6.07, 6.45) is 2.46. The van der Waals surface area contributed by atoms with Crippen molar-refractivity contribution in [2.45, 2.75) is 24.9 Å². The molecule has 0 heterocycles. The molecule has 0 amide bonds. The Morgan fingerprint density at radius 3 is 2.76 bits per heavy atom. The van der Waals surface area contributed by atoms with E-state index in [0.29, 0.717) is 17.3 Å². The second-order valence-corrected chi connectivity index (χ2v) is 4.79. The molecule has 0 atom stereocenters. The molecule has 5 nitrogen and oxygen atoms in total. The lowest BCUT2D eigenvalue weighted by atomic mass is 9.80. The Balaban J connectivity index is 2.13. The number of halogens is 1. The van der Waals surface area contributed by atoms with Crippen LogP contribution in [0.2, 0.25) is 5.02 Å². The molecule has 1 saturated carbocycles. The van der Waals surface area contributed by atoms with Gasteiger partial charge in [-0.25, -0.2) is 0 Å². The smallest absolute Gasteiger partial charge is 0.292 e. The van der Waals surface area contributed by atoms with Crippen LogP contribution in [0.15, 0.2) is 18.2 Å². The van der Waals surface area contributed by atoms with Crippen molar-refractivity contribution in [3.8, 4) is 0 Å². The second kappa shape index (κ2) is 4.50. The van der Waals surface area contributed by atoms with Crippen molar-refractivity contribution in [3.05, 3.63) is 33.3 Å². The number of nitrogens with zero attached hydrogens (tertiary/aromatic N) is 1. The van der Waals surface area contributed by atoms with Crippen molar-refractivity contribution in [2.75, 3.05) is 11.9 Å². The topological polar surface area (TPSA) is 75.4 Å². The normalized spacial score (nSPS) is 17.3. The van der Waals surface area contributed by atoms with Gasteiger partial charge in [-0.2, -0.15) is 0 Å². The fourth-order valence-electron chi connectivity index (χ4n) is 1.83. The molecule has 1 aromatic carbocycles. The fraction of sp³-hybridized carbons (Fsp3) is 0.455. The van der Waals surface area contributed by atoms with Crippen LogP contribution < -0.4 is 5.32 Å². The Bertz CT molecular complexity index is 446. The first-order chi connectivity index (χ1) is 8.00. The molecule has 1 fully saturated rings. The van der Waals surface area contributed by atoms with E-state index in [-0.39, 0.29) is 5.69 Å². The standard InChI is InChI=1S/C11H13ClN2O3/c12-8-2-3-10(14(16)17)9(6-8)13-7-11(15)4-1-5-11/h2-3,6,13,15H,1,4-5,7H2. The van der Waals surface area contributed by atoms with Crippen LogP contribution in [0.5, 0.6) is 0 Å². The molecule has 2 N–H and O–H groups in total. The molecule has 1 aliphatic rings. The lowest BCUT2D eigenvalue weighted by Gasteiger charge is -2.36. The van der Waals surface area contributed by atoms with Crippen LogP contribution in [0.4, 0.5) is 11.4 Å². The zero-order valence-electron chi connectivity index (χ0n) is 9.15. The highest BCUT2D eigenvalue weighted by atomic mass is 35.5. The summed E-state index contributed by atoms with van der Waals surface area (Å²) in [6, 6.07) is 4.33. The maximum Gasteiger partial charge on any atom is 0.292 e. The lowest BCUT2D eigenvalue weighted by Crippen LogP contribution is -2.43. The Labute approximate surface area is 104 Å². The quantitative estimate of drug-likeness (QED) is 0.641. The minimum atomic E-state index is -0.726. The average molecular weight is 257 g/mol. The maximum atomic E-state index is 10.8. The lowest BCUT2D eigenvalue weighted by molar-refractivity contribution is -0.384. The first-order valence-corrected chi connectivity index (χ1v) is 5.78. The second-order valence-electron chi connectivity index (χ2n) is 4.35. The fourth-order valence-corrected chi connectivity index (χ4v) is 2.00. The molecule has 0 aromatic heterocycles. The van der Waals surface area contributed by atoms with Gasteiger partial charge in [-0.05, 0) is 31.4 Å². The SMILES string of the molecule is O=[N+]([O-])c1ccc(Cl)cc1NCC1(O)CCC1. The molecule has 92 valence electrons. The van der Waals surface area contributed by atoms with E-state index in [1.165, 1.54) is 18.2 Å². The summed E-state index contributed by atoms with van der Waals surface area (Å²) >= 11 is 5.79. The van der Waals surface area contributed by atoms with Gasteiger partial charge >= 0.3 is 0 Å². The highest BCUT2D eigenvalue weighted by Gasteiger charge is 2.34. The van der Waals surface area contributed by atoms with E-state index in [9.17, 15) is 15.2 Å². The van der Waals surface area contributed by atoms with Gasteiger partial charge in [0.2, 0.25) is 0 Å².